The number of nitrogens with zero attached hydrogens (tertiary/aromatic N) is 2. The van der Waals surface area contributed by atoms with Gasteiger partial charge in [-0.3, -0.25) is 4.79 Å². The molecule has 2 aliphatic rings. The van der Waals surface area contributed by atoms with E-state index in [9.17, 15) is 31.1 Å². The van der Waals surface area contributed by atoms with Crippen molar-refractivity contribution in [3.05, 3.63) is 17.4 Å². The van der Waals surface area contributed by atoms with Gasteiger partial charge < -0.3 is 25.4 Å². The summed E-state index contributed by atoms with van der Waals surface area (Å²) >= 11 is 0. The Balaban J connectivity index is 0.000000479. The molecule has 1 amide bonds. The van der Waals surface area contributed by atoms with E-state index in [0.29, 0.717) is 12.1 Å². The number of amides is 1. The van der Waals surface area contributed by atoms with Crippen molar-refractivity contribution in [2.45, 2.75) is 50.4 Å². The topological polar surface area (TPSA) is 104 Å². The van der Waals surface area contributed by atoms with Crippen LogP contribution in [0.25, 0.3) is 0 Å². The number of carbonyl (C=O) groups is 2. The summed E-state index contributed by atoms with van der Waals surface area (Å²) in [6.45, 7) is 0.600. The molecule has 1 aromatic heterocycles. The summed E-state index contributed by atoms with van der Waals surface area (Å²) in [7, 11) is 1.37. The second kappa shape index (κ2) is 10.9. The number of ether oxygens (including phenoxy) is 1. The number of rotatable bonds is 5. The van der Waals surface area contributed by atoms with Crippen LogP contribution in [0.4, 0.5) is 32.2 Å². The molecule has 3 N–H and O–H groups in total. The number of hydrogen-bond donors (Lipinski definition) is 3. The SMILES string of the molecule is COc1nc(N2CCCC(F)(F)C2)c(F)cc1CNC(=O)C1CCCN1.O=C(O)C(F)(F)F. The molecular weight excluding hydrogens is 462 g/mol. The van der Waals surface area contributed by atoms with Gasteiger partial charge in [0.15, 0.2) is 11.6 Å². The normalized spacial score (nSPS) is 20.0. The summed E-state index contributed by atoms with van der Waals surface area (Å²) < 4.78 is 78.6. The third kappa shape index (κ3) is 7.65. The summed E-state index contributed by atoms with van der Waals surface area (Å²) in [4.78, 5) is 26.3. The van der Waals surface area contributed by atoms with E-state index in [1.54, 1.807) is 0 Å². The van der Waals surface area contributed by atoms with Crippen LogP contribution in [-0.4, -0.2) is 66.9 Å². The van der Waals surface area contributed by atoms with E-state index in [2.05, 4.69) is 15.6 Å². The molecule has 14 heteroatoms. The first-order valence-corrected chi connectivity index (χ1v) is 10.0. The molecule has 0 aromatic carbocycles. The number of piperidine rings is 1. The largest absolute Gasteiger partial charge is 0.490 e. The third-order valence-electron chi connectivity index (χ3n) is 4.95. The number of hydrogen-bond acceptors (Lipinski definition) is 6. The maximum absolute atomic E-state index is 14.5. The van der Waals surface area contributed by atoms with Crippen LogP contribution in [0.5, 0.6) is 5.88 Å². The number of alkyl halides is 5. The van der Waals surface area contributed by atoms with Gasteiger partial charge in [-0.25, -0.2) is 18.0 Å². The summed E-state index contributed by atoms with van der Waals surface area (Å²) in [6, 6.07) is 0.949. The van der Waals surface area contributed by atoms with Gasteiger partial charge >= 0.3 is 12.1 Å². The summed E-state index contributed by atoms with van der Waals surface area (Å²) in [5, 5.41) is 12.9. The Labute approximate surface area is 185 Å². The molecule has 0 saturated carbocycles. The zero-order valence-corrected chi connectivity index (χ0v) is 17.6. The molecule has 1 atom stereocenters. The van der Waals surface area contributed by atoms with Crippen LogP contribution in [0, 0.1) is 5.82 Å². The van der Waals surface area contributed by atoms with Gasteiger partial charge in [0, 0.05) is 25.1 Å². The number of aromatic nitrogens is 1. The van der Waals surface area contributed by atoms with E-state index in [1.807, 2.05) is 0 Å². The van der Waals surface area contributed by atoms with Crippen LogP contribution < -0.4 is 20.3 Å². The Hall–Kier alpha value is -2.77. The summed E-state index contributed by atoms with van der Waals surface area (Å²) in [6.07, 6.45) is -3.32. The monoisotopic (exact) mass is 486 g/mol. The van der Waals surface area contributed by atoms with Gasteiger partial charge in [-0.15, -0.1) is 0 Å². The number of carboxylic acids is 1. The van der Waals surface area contributed by atoms with Crippen molar-refractivity contribution in [1.29, 1.82) is 0 Å². The predicted molar refractivity (Wildman–Crippen MR) is 104 cm³/mol. The molecule has 0 bridgehead atoms. The molecule has 3 rings (SSSR count). The second-order valence-corrected chi connectivity index (χ2v) is 7.51. The molecule has 0 radical (unpaired) electrons. The van der Waals surface area contributed by atoms with E-state index in [-0.39, 0.29) is 43.0 Å². The van der Waals surface area contributed by atoms with Crippen LogP contribution in [0.1, 0.15) is 31.2 Å². The maximum atomic E-state index is 14.5. The maximum Gasteiger partial charge on any atom is 0.490 e. The van der Waals surface area contributed by atoms with Gasteiger partial charge in [0.1, 0.15) is 0 Å². The van der Waals surface area contributed by atoms with Gasteiger partial charge in [0.2, 0.25) is 11.8 Å². The zero-order chi connectivity index (χ0) is 24.8. The third-order valence-corrected chi connectivity index (χ3v) is 4.95. The number of nitrogens with one attached hydrogen (secondary N) is 2. The zero-order valence-electron chi connectivity index (χ0n) is 17.6. The fourth-order valence-electron chi connectivity index (χ4n) is 3.39. The number of anilines is 1. The fourth-order valence-corrected chi connectivity index (χ4v) is 3.39. The smallest absolute Gasteiger partial charge is 0.481 e. The number of methoxy groups -OCH3 is 1. The molecule has 0 aliphatic carbocycles. The van der Waals surface area contributed by atoms with Crippen molar-refractivity contribution >= 4 is 17.7 Å². The number of aliphatic carboxylic acids is 1. The molecule has 2 fully saturated rings. The molecule has 3 heterocycles. The minimum Gasteiger partial charge on any atom is -0.481 e. The van der Waals surface area contributed by atoms with E-state index >= 15 is 0 Å². The highest BCUT2D eigenvalue weighted by atomic mass is 19.4. The molecule has 8 nitrogen and oxygen atoms in total. The number of carbonyl (C=O) groups excluding carboxylic acids is 1. The lowest BCUT2D eigenvalue weighted by Crippen LogP contribution is -2.43. The highest BCUT2D eigenvalue weighted by Crippen LogP contribution is 2.32. The van der Waals surface area contributed by atoms with Crippen LogP contribution in [0.3, 0.4) is 0 Å². The van der Waals surface area contributed by atoms with Crippen LogP contribution in [0.2, 0.25) is 0 Å². The van der Waals surface area contributed by atoms with Gasteiger partial charge in [-0.1, -0.05) is 0 Å². The molecule has 186 valence electrons. The summed E-state index contributed by atoms with van der Waals surface area (Å²) in [5.41, 5.74) is 0.365. The van der Waals surface area contributed by atoms with Crippen molar-refractivity contribution < 1.29 is 45.8 Å². The molecular formula is C19H24F6N4O4. The highest BCUT2D eigenvalue weighted by molar-refractivity contribution is 5.82. The lowest BCUT2D eigenvalue weighted by molar-refractivity contribution is -0.192. The minimum absolute atomic E-state index is 0.0561. The predicted octanol–water partition coefficient (Wildman–Crippen LogP) is 2.47. The van der Waals surface area contributed by atoms with Gasteiger partial charge in [0.25, 0.3) is 5.92 Å². The number of pyridine rings is 1. The molecule has 0 spiro atoms. The van der Waals surface area contributed by atoms with Crippen LogP contribution in [0.15, 0.2) is 6.07 Å². The van der Waals surface area contributed by atoms with Gasteiger partial charge in [-0.05, 0) is 31.9 Å². The Morgan fingerprint density at radius 3 is 2.55 bits per heavy atom. The van der Waals surface area contributed by atoms with Crippen LogP contribution >= 0.6 is 0 Å². The van der Waals surface area contributed by atoms with Crippen molar-refractivity contribution in [3.8, 4) is 5.88 Å². The average Bonchev–Trinajstić information content (AvgIpc) is 3.26. The van der Waals surface area contributed by atoms with E-state index < -0.39 is 30.4 Å². The quantitative estimate of drug-likeness (QED) is 0.550. The lowest BCUT2D eigenvalue weighted by atomic mass is 10.1. The number of halogens is 6. The van der Waals surface area contributed by atoms with Gasteiger partial charge in [0.05, 0.1) is 19.7 Å². The first kappa shape index (κ1) is 26.5. The second-order valence-electron chi connectivity index (χ2n) is 7.51. The van der Waals surface area contributed by atoms with Crippen molar-refractivity contribution in [2.24, 2.45) is 0 Å². The van der Waals surface area contributed by atoms with E-state index in [0.717, 1.165) is 19.4 Å². The Bertz CT molecular complexity index is 846. The summed E-state index contributed by atoms with van der Waals surface area (Å²) in [5.74, 6) is -6.51. The molecule has 2 saturated heterocycles. The Morgan fingerprint density at radius 2 is 2.03 bits per heavy atom. The first-order chi connectivity index (χ1) is 15.3. The Kier molecular flexibility index (Phi) is 8.75. The first-order valence-electron chi connectivity index (χ1n) is 10.0. The van der Waals surface area contributed by atoms with Crippen molar-refractivity contribution in [3.63, 3.8) is 0 Å². The molecule has 33 heavy (non-hydrogen) atoms. The lowest BCUT2D eigenvalue weighted by Gasteiger charge is -2.33. The van der Waals surface area contributed by atoms with E-state index in [1.165, 1.54) is 18.1 Å². The van der Waals surface area contributed by atoms with Gasteiger partial charge in [-0.2, -0.15) is 18.2 Å². The minimum atomic E-state index is -5.08. The Morgan fingerprint density at radius 1 is 1.36 bits per heavy atom. The average molecular weight is 486 g/mol. The highest BCUT2D eigenvalue weighted by Gasteiger charge is 2.38. The van der Waals surface area contributed by atoms with E-state index in [4.69, 9.17) is 14.6 Å². The molecule has 1 aromatic rings. The number of carboxylic acid groups (broad SMARTS) is 1. The van der Waals surface area contributed by atoms with Crippen molar-refractivity contribution in [1.82, 2.24) is 15.6 Å². The standard InChI is InChI=1S/C17H23F3N4O2.C2HF3O2/c1-26-16-11(9-22-15(25)13-4-2-6-21-13)8-12(18)14(23-16)24-7-3-5-17(19,20)10-24;3-2(4,5)1(6)7/h8,13,21H,2-7,9-10H2,1H3,(H,22,25);(H,6,7). The fraction of sp³-hybridized carbons (Fsp3) is 0.632. The molecule has 2 aliphatic heterocycles. The molecule has 1 unspecified atom stereocenters. The van der Waals surface area contributed by atoms with Crippen molar-refractivity contribution in [2.75, 3.05) is 31.6 Å². The van der Waals surface area contributed by atoms with Crippen LogP contribution in [-0.2, 0) is 16.1 Å².